The van der Waals surface area contributed by atoms with Gasteiger partial charge in [-0.25, -0.2) is 0 Å². The van der Waals surface area contributed by atoms with Crippen LogP contribution in [0.15, 0.2) is 36.5 Å². The number of hydrogen-bond donors (Lipinski definition) is 2. The van der Waals surface area contributed by atoms with Gasteiger partial charge in [-0.3, -0.25) is 9.78 Å². The molecule has 1 amide bonds. The zero-order valence-corrected chi connectivity index (χ0v) is 10.7. The highest BCUT2D eigenvalue weighted by molar-refractivity contribution is 6.06. The van der Waals surface area contributed by atoms with Crippen LogP contribution in [0.5, 0.6) is 0 Å². The molecule has 1 aliphatic rings. The number of nitrogens with one attached hydrogen (secondary N) is 2. The number of para-hydroxylation sites is 1. The minimum Gasteiger partial charge on any atom is -0.348 e. The smallest absolute Gasteiger partial charge is 0.252 e. The number of rotatable bonds is 2. The Bertz CT molecular complexity index is 585. The average Bonchev–Trinajstić information content (AvgIpc) is 2.47. The van der Waals surface area contributed by atoms with E-state index < -0.39 is 0 Å². The molecule has 1 atom stereocenters. The molecule has 98 valence electrons. The first-order valence-corrected chi connectivity index (χ1v) is 6.70. The van der Waals surface area contributed by atoms with Crippen LogP contribution in [-0.4, -0.2) is 30.0 Å². The lowest BCUT2D eigenvalue weighted by Gasteiger charge is -2.24. The first kappa shape index (κ1) is 12.1. The molecule has 3 rings (SSSR count). The van der Waals surface area contributed by atoms with Gasteiger partial charge in [0.25, 0.3) is 5.91 Å². The summed E-state index contributed by atoms with van der Waals surface area (Å²) in [6, 6.07) is 9.75. The normalized spacial score (nSPS) is 19.3. The Morgan fingerprint density at radius 1 is 1.32 bits per heavy atom. The fourth-order valence-electron chi connectivity index (χ4n) is 2.53. The van der Waals surface area contributed by atoms with Gasteiger partial charge in [0.2, 0.25) is 0 Å². The highest BCUT2D eigenvalue weighted by Crippen LogP contribution is 2.16. The average molecular weight is 255 g/mol. The van der Waals surface area contributed by atoms with E-state index in [0.29, 0.717) is 5.56 Å². The topological polar surface area (TPSA) is 54.0 Å². The van der Waals surface area contributed by atoms with E-state index in [1.807, 2.05) is 24.3 Å². The maximum Gasteiger partial charge on any atom is 0.252 e. The molecule has 0 aliphatic carbocycles. The molecule has 1 aromatic carbocycles. The third-order valence-corrected chi connectivity index (χ3v) is 3.53. The van der Waals surface area contributed by atoms with Crippen molar-refractivity contribution in [3.8, 4) is 0 Å². The zero-order chi connectivity index (χ0) is 13.1. The third-order valence-electron chi connectivity index (χ3n) is 3.53. The van der Waals surface area contributed by atoms with Gasteiger partial charge in [0.15, 0.2) is 0 Å². The quantitative estimate of drug-likeness (QED) is 0.859. The van der Waals surface area contributed by atoms with Crippen LogP contribution in [0.4, 0.5) is 0 Å². The van der Waals surface area contributed by atoms with E-state index in [4.69, 9.17) is 0 Å². The summed E-state index contributed by atoms with van der Waals surface area (Å²) >= 11 is 0. The van der Waals surface area contributed by atoms with Gasteiger partial charge in [-0.1, -0.05) is 18.2 Å². The highest BCUT2D eigenvalue weighted by Gasteiger charge is 2.17. The Hall–Kier alpha value is -1.94. The van der Waals surface area contributed by atoms with E-state index in [0.717, 1.165) is 36.8 Å². The lowest BCUT2D eigenvalue weighted by atomic mass is 10.1. The summed E-state index contributed by atoms with van der Waals surface area (Å²) in [7, 11) is 0. The Morgan fingerprint density at radius 2 is 2.21 bits per heavy atom. The second-order valence-corrected chi connectivity index (χ2v) is 4.89. The molecule has 0 saturated carbocycles. The Balaban J connectivity index is 1.85. The van der Waals surface area contributed by atoms with Crippen LogP contribution in [0, 0.1) is 0 Å². The number of hydrogen-bond acceptors (Lipinski definition) is 3. The van der Waals surface area contributed by atoms with E-state index in [9.17, 15) is 4.79 Å². The third kappa shape index (κ3) is 2.58. The second-order valence-electron chi connectivity index (χ2n) is 4.89. The number of piperidine rings is 1. The van der Waals surface area contributed by atoms with Crippen LogP contribution in [0.2, 0.25) is 0 Å². The number of fused-ring (bicyclic) bond motifs is 1. The van der Waals surface area contributed by atoms with Gasteiger partial charge in [0.1, 0.15) is 0 Å². The number of pyridine rings is 1. The van der Waals surface area contributed by atoms with Crippen molar-refractivity contribution in [2.75, 3.05) is 13.1 Å². The van der Waals surface area contributed by atoms with Crippen molar-refractivity contribution in [3.63, 3.8) is 0 Å². The summed E-state index contributed by atoms with van der Waals surface area (Å²) in [4.78, 5) is 16.6. The number of nitrogens with zero attached hydrogens (tertiary/aromatic N) is 1. The van der Waals surface area contributed by atoms with Crippen molar-refractivity contribution in [1.82, 2.24) is 15.6 Å². The molecule has 2 N–H and O–H groups in total. The van der Waals surface area contributed by atoms with Gasteiger partial charge in [-0.2, -0.15) is 0 Å². The highest BCUT2D eigenvalue weighted by atomic mass is 16.1. The maximum atomic E-state index is 12.4. The molecule has 0 radical (unpaired) electrons. The van der Waals surface area contributed by atoms with Crippen molar-refractivity contribution in [2.45, 2.75) is 18.9 Å². The molecule has 1 fully saturated rings. The van der Waals surface area contributed by atoms with Crippen LogP contribution >= 0.6 is 0 Å². The molecule has 4 nitrogen and oxygen atoms in total. The predicted octanol–water partition coefficient (Wildman–Crippen LogP) is 1.72. The molecule has 1 unspecified atom stereocenters. The van der Waals surface area contributed by atoms with Crippen molar-refractivity contribution >= 4 is 16.8 Å². The van der Waals surface area contributed by atoms with Gasteiger partial charge < -0.3 is 10.6 Å². The van der Waals surface area contributed by atoms with Crippen molar-refractivity contribution in [3.05, 3.63) is 42.1 Å². The first-order chi connectivity index (χ1) is 9.34. The minimum absolute atomic E-state index is 0.00713. The van der Waals surface area contributed by atoms with Gasteiger partial charge in [0.05, 0.1) is 11.1 Å². The molecule has 2 aromatic rings. The Morgan fingerprint density at radius 3 is 3.05 bits per heavy atom. The molecule has 1 aliphatic heterocycles. The van der Waals surface area contributed by atoms with Crippen LogP contribution in [0.3, 0.4) is 0 Å². The van der Waals surface area contributed by atoms with Crippen LogP contribution in [0.25, 0.3) is 10.9 Å². The van der Waals surface area contributed by atoms with Gasteiger partial charge in [-0.05, 0) is 31.5 Å². The predicted molar refractivity (Wildman–Crippen MR) is 75.1 cm³/mol. The number of benzene rings is 1. The van der Waals surface area contributed by atoms with Gasteiger partial charge >= 0.3 is 0 Å². The summed E-state index contributed by atoms with van der Waals surface area (Å²) < 4.78 is 0. The lowest BCUT2D eigenvalue weighted by Crippen LogP contribution is -2.45. The fourth-order valence-corrected chi connectivity index (χ4v) is 2.53. The number of aromatic nitrogens is 1. The molecule has 4 heteroatoms. The zero-order valence-electron chi connectivity index (χ0n) is 10.7. The summed E-state index contributed by atoms with van der Waals surface area (Å²) in [5.41, 5.74) is 1.56. The Kier molecular flexibility index (Phi) is 3.42. The van der Waals surface area contributed by atoms with E-state index in [1.165, 1.54) is 0 Å². The van der Waals surface area contributed by atoms with E-state index in [2.05, 4.69) is 15.6 Å². The standard InChI is InChI=1S/C15H17N3O/c19-15(18-11-4-3-8-16-10-11)13-7-9-17-14-6-2-1-5-12(13)14/h1-2,5-7,9,11,16H,3-4,8,10H2,(H,18,19). The summed E-state index contributed by atoms with van der Waals surface area (Å²) in [6.45, 7) is 1.90. The Labute approximate surface area is 112 Å². The minimum atomic E-state index is -0.00713. The second kappa shape index (κ2) is 5.36. The number of carbonyl (C=O) groups is 1. The van der Waals surface area contributed by atoms with E-state index in [1.54, 1.807) is 12.3 Å². The number of amides is 1. The van der Waals surface area contributed by atoms with Crippen LogP contribution < -0.4 is 10.6 Å². The fraction of sp³-hybridized carbons (Fsp3) is 0.333. The molecule has 1 aromatic heterocycles. The largest absolute Gasteiger partial charge is 0.348 e. The van der Waals surface area contributed by atoms with Gasteiger partial charge in [-0.15, -0.1) is 0 Å². The van der Waals surface area contributed by atoms with E-state index in [-0.39, 0.29) is 11.9 Å². The molecule has 19 heavy (non-hydrogen) atoms. The maximum absolute atomic E-state index is 12.4. The molecule has 2 heterocycles. The number of carbonyl (C=O) groups excluding carboxylic acids is 1. The summed E-state index contributed by atoms with van der Waals surface area (Å²) in [5.74, 6) is -0.00713. The van der Waals surface area contributed by atoms with E-state index >= 15 is 0 Å². The van der Waals surface area contributed by atoms with Crippen molar-refractivity contribution in [2.24, 2.45) is 0 Å². The SMILES string of the molecule is O=C(NC1CCCNC1)c1ccnc2ccccc12. The van der Waals surface area contributed by atoms with Crippen LogP contribution in [0.1, 0.15) is 23.2 Å². The first-order valence-electron chi connectivity index (χ1n) is 6.70. The lowest BCUT2D eigenvalue weighted by molar-refractivity contribution is 0.0932. The molecule has 0 spiro atoms. The van der Waals surface area contributed by atoms with Gasteiger partial charge in [0, 0.05) is 24.2 Å². The molecular formula is C15H17N3O. The van der Waals surface area contributed by atoms with Crippen molar-refractivity contribution < 1.29 is 4.79 Å². The van der Waals surface area contributed by atoms with Crippen LogP contribution in [-0.2, 0) is 0 Å². The monoisotopic (exact) mass is 255 g/mol. The van der Waals surface area contributed by atoms with Crippen molar-refractivity contribution in [1.29, 1.82) is 0 Å². The molecule has 0 bridgehead atoms. The molecular weight excluding hydrogens is 238 g/mol. The summed E-state index contributed by atoms with van der Waals surface area (Å²) in [5, 5.41) is 7.31. The summed E-state index contributed by atoms with van der Waals surface area (Å²) in [6.07, 6.45) is 3.85. The molecule has 1 saturated heterocycles.